The highest BCUT2D eigenvalue weighted by molar-refractivity contribution is 7.86. The average molecular weight is 302 g/mol. The standard InChI is InChI=1S/C14H22O5S/c1-10(2)8-13(15)14(16)9-19-20(17,18)12-6-4-11(3)5-7-12/h4-7,10,13-16H,8-9H2,1-3H3. The molecule has 1 aromatic rings. The maximum atomic E-state index is 11.9. The summed E-state index contributed by atoms with van der Waals surface area (Å²) in [5.74, 6) is 0.202. The monoisotopic (exact) mass is 302 g/mol. The molecule has 0 spiro atoms. The third-order valence-electron chi connectivity index (χ3n) is 2.86. The van der Waals surface area contributed by atoms with Gasteiger partial charge in [-0.1, -0.05) is 31.5 Å². The molecule has 114 valence electrons. The normalized spacial score (nSPS) is 15.3. The summed E-state index contributed by atoms with van der Waals surface area (Å²) in [4.78, 5) is 0.0358. The van der Waals surface area contributed by atoms with Crippen LogP contribution in [0.3, 0.4) is 0 Å². The van der Waals surface area contributed by atoms with Gasteiger partial charge in [0.2, 0.25) is 0 Å². The molecule has 0 saturated carbocycles. The van der Waals surface area contributed by atoms with E-state index in [2.05, 4.69) is 0 Å². The lowest BCUT2D eigenvalue weighted by atomic mass is 10.0. The van der Waals surface area contributed by atoms with Crippen molar-refractivity contribution in [2.45, 2.75) is 44.3 Å². The molecule has 6 heteroatoms. The Kier molecular flexibility index (Phi) is 6.13. The van der Waals surface area contributed by atoms with Crippen molar-refractivity contribution < 1.29 is 22.8 Å². The van der Waals surface area contributed by atoms with Crippen molar-refractivity contribution in [3.63, 3.8) is 0 Å². The highest BCUT2D eigenvalue weighted by atomic mass is 32.2. The maximum Gasteiger partial charge on any atom is 0.297 e. The smallest absolute Gasteiger partial charge is 0.297 e. The molecule has 20 heavy (non-hydrogen) atoms. The van der Waals surface area contributed by atoms with Gasteiger partial charge in [-0.05, 0) is 31.4 Å². The van der Waals surface area contributed by atoms with Gasteiger partial charge in [-0.2, -0.15) is 8.42 Å². The van der Waals surface area contributed by atoms with Gasteiger partial charge in [0.05, 0.1) is 17.6 Å². The molecule has 0 bridgehead atoms. The molecule has 0 fully saturated rings. The number of hydrogen-bond donors (Lipinski definition) is 2. The van der Waals surface area contributed by atoms with Crippen LogP contribution in [-0.4, -0.2) is 37.4 Å². The molecule has 0 aliphatic heterocycles. The van der Waals surface area contributed by atoms with E-state index in [1.54, 1.807) is 12.1 Å². The molecule has 0 saturated heterocycles. The Morgan fingerprint density at radius 3 is 2.15 bits per heavy atom. The molecule has 2 unspecified atom stereocenters. The minimum Gasteiger partial charge on any atom is -0.390 e. The highest BCUT2D eigenvalue weighted by Crippen LogP contribution is 2.15. The van der Waals surface area contributed by atoms with Crippen LogP contribution in [0.4, 0.5) is 0 Å². The van der Waals surface area contributed by atoms with E-state index in [9.17, 15) is 18.6 Å². The zero-order valence-corrected chi connectivity index (χ0v) is 12.8. The zero-order chi connectivity index (χ0) is 15.3. The van der Waals surface area contributed by atoms with Gasteiger partial charge in [-0.3, -0.25) is 4.18 Å². The van der Waals surface area contributed by atoms with Gasteiger partial charge in [-0.15, -0.1) is 0 Å². The largest absolute Gasteiger partial charge is 0.390 e. The first-order chi connectivity index (χ1) is 9.22. The molecule has 2 N–H and O–H groups in total. The van der Waals surface area contributed by atoms with Crippen LogP contribution in [0.1, 0.15) is 25.8 Å². The van der Waals surface area contributed by atoms with Crippen LogP contribution in [0.2, 0.25) is 0 Å². The van der Waals surface area contributed by atoms with Gasteiger partial charge in [0.1, 0.15) is 6.10 Å². The molecule has 0 amide bonds. The SMILES string of the molecule is Cc1ccc(S(=O)(=O)OCC(O)C(O)CC(C)C)cc1. The Balaban J connectivity index is 2.61. The number of aliphatic hydroxyl groups is 2. The first-order valence-electron chi connectivity index (χ1n) is 6.54. The van der Waals surface area contributed by atoms with E-state index in [0.717, 1.165) is 5.56 Å². The maximum absolute atomic E-state index is 11.9. The van der Waals surface area contributed by atoms with Crippen molar-refractivity contribution in [1.82, 2.24) is 0 Å². The number of rotatable bonds is 7. The fourth-order valence-electron chi connectivity index (χ4n) is 1.68. The predicted octanol–water partition coefficient (Wildman–Crippen LogP) is 1.47. The van der Waals surface area contributed by atoms with Gasteiger partial charge >= 0.3 is 0 Å². The highest BCUT2D eigenvalue weighted by Gasteiger charge is 2.22. The number of benzene rings is 1. The Morgan fingerprint density at radius 2 is 1.65 bits per heavy atom. The molecule has 1 aromatic carbocycles. The quantitative estimate of drug-likeness (QED) is 0.745. The summed E-state index contributed by atoms with van der Waals surface area (Å²) in [6, 6.07) is 6.23. The lowest BCUT2D eigenvalue weighted by Crippen LogP contribution is -2.32. The van der Waals surface area contributed by atoms with E-state index in [1.165, 1.54) is 12.1 Å². The van der Waals surface area contributed by atoms with Crippen LogP contribution in [-0.2, 0) is 14.3 Å². The van der Waals surface area contributed by atoms with E-state index in [-0.39, 0.29) is 10.8 Å². The van der Waals surface area contributed by atoms with E-state index >= 15 is 0 Å². The first kappa shape index (κ1) is 17.1. The molecule has 1 rings (SSSR count). The van der Waals surface area contributed by atoms with Crippen LogP contribution in [0.5, 0.6) is 0 Å². The Morgan fingerprint density at radius 1 is 1.10 bits per heavy atom. The van der Waals surface area contributed by atoms with Gasteiger partial charge in [0.15, 0.2) is 0 Å². The molecule has 0 aliphatic rings. The van der Waals surface area contributed by atoms with Crippen molar-refractivity contribution in [3.05, 3.63) is 29.8 Å². The lowest BCUT2D eigenvalue weighted by molar-refractivity contribution is -0.0158. The second-order valence-corrected chi connectivity index (χ2v) is 6.93. The molecule has 0 radical (unpaired) electrons. The molecule has 0 heterocycles. The third kappa shape index (κ3) is 5.20. The third-order valence-corrected chi connectivity index (χ3v) is 4.16. The summed E-state index contributed by atoms with van der Waals surface area (Å²) in [5.41, 5.74) is 0.941. The van der Waals surface area contributed by atoms with Crippen LogP contribution < -0.4 is 0 Å². The number of hydrogen-bond acceptors (Lipinski definition) is 5. The summed E-state index contributed by atoms with van der Waals surface area (Å²) in [5, 5.41) is 19.3. The van der Waals surface area contributed by atoms with Crippen molar-refractivity contribution in [2.75, 3.05) is 6.61 Å². The van der Waals surface area contributed by atoms with Gasteiger partial charge in [0, 0.05) is 0 Å². The second-order valence-electron chi connectivity index (χ2n) is 5.32. The molecule has 0 aliphatic carbocycles. The zero-order valence-electron chi connectivity index (χ0n) is 12.0. The van der Waals surface area contributed by atoms with Crippen molar-refractivity contribution in [3.8, 4) is 0 Å². The van der Waals surface area contributed by atoms with E-state index in [0.29, 0.717) is 6.42 Å². The average Bonchev–Trinajstić information content (AvgIpc) is 2.35. The lowest BCUT2D eigenvalue weighted by Gasteiger charge is -2.19. The minimum absolute atomic E-state index is 0.0358. The van der Waals surface area contributed by atoms with Crippen LogP contribution in [0.15, 0.2) is 29.2 Å². The summed E-state index contributed by atoms with van der Waals surface area (Å²) < 4.78 is 28.5. The van der Waals surface area contributed by atoms with Gasteiger partial charge in [-0.25, -0.2) is 0 Å². The van der Waals surface area contributed by atoms with Crippen molar-refractivity contribution >= 4 is 10.1 Å². The van der Waals surface area contributed by atoms with Gasteiger partial charge in [0.25, 0.3) is 10.1 Å². The van der Waals surface area contributed by atoms with Crippen LogP contribution in [0.25, 0.3) is 0 Å². The molecule has 5 nitrogen and oxygen atoms in total. The fraction of sp³-hybridized carbons (Fsp3) is 0.571. The molecular formula is C14H22O5S. The predicted molar refractivity (Wildman–Crippen MR) is 75.8 cm³/mol. The van der Waals surface area contributed by atoms with E-state index in [4.69, 9.17) is 4.18 Å². The molecule has 2 atom stereocenters. The van der Waals surface area contributed by atoms with Gasteiger partial charge < -0.3 is 10.2 Å². The van der Waals surface area contributed by atoms with Crippen molar-refractivity contribution in [2.24, 2.45) is 5.92 Å². The van der Waals surface area contributed by atoms with E-state index < -0.39 is 28.9 Å². The number of aryl methyl sites for hydroxylation is 1. The topological polar surface area (TPSA) is 83.8 Å². The summed E-state index contributed by atoms with van der Waals surface area (Å²) in [6.45, 7) is 5.20. The van der Waals surface area contributed by atoms with E-state index in [1.807, 2.05) is 20.8 Å². The summed E-state index contributed by atoms with van der Waals surface area (Å²) in [6.07, 6.45) is -1.84. The van der Waals surface area contributed by atoms with Crippen LogP contribution in [0, 0.1) is 12.8 Å². The van der Waals surface area contributed by atoms with Crippen LogP contribution >= 0.6 is 0 Å². The summed E-state index contributed by atoms with van der Waals surface area (Å²) >= 11 is 0. The Labute approximate surface area is 120 Å². The second kappa shape index (κ2) is 7.17. The Hall–Kier alpha value is -0.950. The first-order valence-corrected chi connectivity index (χ1v) is 7.95. The summed E-state index contributed by atoms with van der Waals surface area (Å²) in [7, 11) is -3.91. The van der Waals surface area contributed by atoms with Crippen molar-refractivity contribution in [1.29, 1.82) is 0 Å². The fourth-order valence-corrected chi connectivity index (χ4v) is 2.61. The Bertz CT molecular complexity index is 507. The molecular weight excluding hydrogens is 280 g/mol. The molecule has 0 aromatic heterocycles. The number of aliphatic hydroxyl groups excluding tert-OH is 2. The minimum atomic E-state index is -3.91.